The summed E-state index contributed by atoms with van der Waals surface area (Å²) in [4.78, 5) is 2.66. The van der Waals surface area contributed by atoms with Gasteiger partial charge in [-0.15, -0.1) is 0 Å². The van der Waals surface area contributed by atoms with E-state index in [9.17, 15) is 0 Å². The summed E-state index contributed by atoms with van der Waals surface area (Å²) in [5.41, 5.74) is 2.87. The summed E-state index contributed by atoms with van der Waals surface area (Å²) in [6, 6.07) is 8.77. The Morgan fingerprint density at radius 1 is 1.35 bits per heavy atom. The van der Waals surface area contributed by atoms with Crippen LogP contribution in [-0.2, 0) is 0 Å². The van der Waals surface area contributed by atoms with Gasteiger partial charge in [-0.3, -0.25) is 0 Å². The summed E-state index contributed by atoms with van der Waals surface area (Å²) in [5.74, 6) is 1.64. The molecule has 0 bridgehead atoms. The number of hydrogen-bond acceptors (Lipinski definition) is 2. The van der Waals surface area contributed by atoms with Gasteiger partial charge in [0.15, 0.2) is 0 Å². The highest BCUT2D eigenvalue weighted by molar-refractivity contribution is 5.57. The first-order valence-corrected chi connectivity index (χ1v) is 6.92. The molecule has 2 heterocycles. The van der Waals surface area contributed by atoms with Gasteiger partial charge in [0.2, 0.25) is 0 Å². The average Bonchev–Trinajstić information content (AvgIpc) is 2.97. The molecule has 1 aromatic rings. The van der Waals surface area contributed by atoms with Crippen molar-refractivity contribution in [2.24, 2.45) is 5.92 Å². The van der Waals surface area contributed by atoms with E-state index in [4.69, 9.17) is 0 Å². The zero-order valence-corrected chi connectivity index (χ0v) is 10.7. The van der Waals surface area contributed by atoms with Crippen LogP contribution in [0.3, 0.4) is 0 Å². The van der Waals surface area contributed by atoms with E-state index in [2.05, 4.69) is 41.4 Å². The highest BCUT2D eigenvalue weighted by atomic mass is 15.2. The van der Waals surface area contributed by atoms with Crippen molar-refractivity contribution in [2.45, 2.75) is 25.7 Å². The summed E-state index contributed by atoms with van der Waals surface area (Å²) in [6.45, 7) is 7.29. The number of anilines is 1. The third-order valence-electron chi connectivity index (χ3n) is 4.37. The van der Waals surface area contributed by atoms with Gasteiger partial charge in [-0.2, -0.15) is 0 Å². The summed E-state index contributed by atoms with van der Waals surface area (Å²) in [5, 5.41) is 3.52. The Hall–Kier alpha value is -1.02. The lowest BCUT2D eigenvalue weighted by Gasteiger charge is -2.20. The second-order valence-corrected chi connectivity index (χ2v) is 5.49. The van der Waals surface area contributed by atoms with Crippen molar-refractivity contribution < 1.29 is 0 Å². The third kappa shape index (κ3) is 2.19. The van der Waals surface area contributed by atoms with Gasteiger partial charge in [0, 0.05) is 31.2 Å². The molecule has 1 N–H and O–H groups in total. The van der Waals surface area contributed by atoms with Crippen LogP contribution in [0.5, 0.6) is 0 Å². The SMILES string of the molecule is CCC1CCN(CC2CNc3ccccc32)C1. The Morgan fingerprint density at radius 2 is 2.24 bits per heavy atom. The Kier molecular flexibility index (Phi) is 3.06. The van der Waals surface area contributed by atoms with Crippen LogP contribution >= 0.6 is 0 Å². The predicted molar refractivity (Wildman–Crippen MR) is 72.5 cm³/mol. The Balaban J connectivity index is 1.64. The fourth-order valence-electron chi connectivity index (χ4n) is 3.24. The lowest BCUT2D eigenvalue weighted by molar-refractivity contribution is 0.306. The molecular formula is C15H22N2. The van der Waals surface area contributed by atoms with Crippen LogP contribution in [0, 0.1) is 5.92 Å². The topological polar surface area (TPSA) is 15.3 Å². The van der Waals surface area contributed by atoms with E-state index in [0.29, 0.717) is 5.92 Å². The van der Waals surface area contributed by atoms with Crippen molar-refractivity contribution in [3.8, 4) is 0 Å². The van der Waals surface area contributed by atoms with Crippen molar-refractivity contribution in [3.63, 3.8) is 0 Å². The summed E-state index contributed by atoms with van der Waals surface area (Å²) in [7, 11) is 0. The molecule has 2 aliphatic heterocycles. The molecule has 17 heavy (non-hydrogen) atoms. The fraction of sp³-hybridized carbons (Fsp3) is 0.600. The zero-order valence-electron chi connectivity index (χ0n) is 10.7. The number of fused-ring (bicyclic) bond motifs is 1. The van der Waals surface area contributed by atoms with Crippen molar-refractivity contribution in [1.29, 1.82) is 0 Å². The highest BCUT2D eigenvalue weighted by Gasteiger charge is 2.27. The fourth-order valence-corrected chi connectivity index (χ4v) is 3.24. The average molecular weight is 230 g/mol. The zero-order chi connectivity index (χ0) is 11.7. The van der Waals surface area contributed by atoms with E-state index in [1.165, 1.54) is 43.7 Å². The minimum atomic E-state index is 0.696. The van der Waals surface area contributed by atoms with Crippen LogP contribution in [0.2, 0.25) is 0 Å². The molecule has 0 spiro atoms. The van der Waals surface area contributed by atoms with Crippen molar-refractivity contribution >= 4 is 5.69 Å². The number of nitrogens with one attached hydrogen (secondary N) is 1. The molecule has 1 fully saturated rings. The van der Waals surface area contributed by atoms with Gasteiger partial charge < -0.3 is 10.2 Å². The van der Waals surface area contributed by atoms with Crippen LogP contribution in [0.15, 0.2) is 24.3 Å². The maximum absolute atomic E-state index is 3.52. The van der Waals surface area contributed by atoms with Gasteiger partial charge in [-0.05, 0) is 30.5 Å². The van der Waals surface area contributed by atoms with Gasteiger partial charge in [0.05, 0.1) is 0 Å². The first-order chi connectivity index (χ1) is 8.36. The normalized spacial score (nSPS) is 28.1. The second-order valence-electron chi connectivity index (χ2n) is 5.49. The van der Waals surface area contributed by atoms with Crippen LogP contribution in [0.4, 0.5) is 5.69 Å². The van der Waals surface area contributed by atoms with Crippen molar-refractivity contribution in [3.05, 3.63) is 29.8 Å². The van der Waals surface area contributed by atoms with Gasteiger partial charge in [-0.25, -0.2) is 0 Å². The molecule has 2 unspecified atom stereocenters. The standard InChI is InChI=1S/C15H22N2/c1-2-12-7-8-17(10-12)11-13-9-16-15-6-4-3-5-14(13)15/h3-6,12-13,16H,2,7-11H2,1H3. The van der Waals surface area contributed by atoms with Gasteiger partial charge in [0.1, 0.15) is 0 Å². The molecule has 0 amide bonds. The molecule has 0 aromatic heterocycles. The summed E-state index contributed by atoms with van der Waals surface area (Å²) < 4.78 is 0. The molecule has 2 nitrogen and oxygen atoms in total. The first-order valence-electron chi connectivity index (χ1n) is 6.92. The maximum atomic E-state index is 3.52. The first kappa shape index (κ1) is 11.1. The molecular weight excluding hydrogens is 208 g/mol. The molecule has 0 radical (unpaired) electrons. The molecule has 0 aliphatic carbocycles. The number of para-hydroxylation sites is 1. The highest BCUT2D eigenvalue weighted by Crippen LogP contribution is 2.32. The Labute approximate surface area is 104 Å². The summed E-state index contributed by atoms with van der Waals surface area (Å²) >= 11 is 0. The molecule has 2 aliphatic rings. The van der Waals surface area contributed by atoms with Crippen LogP contribution < -0.4 is 5.32 Å². The third-order valence-corrected chi connectivity index (χ3v) is 4.37. The molecule has 92 valence electrons. The number of benzene rings is 1. The second kappa shape index (κ2) is 4.69. The molecule has 1 saturated heterocycles. The van der Waals surface area contributed by atoms with Crippen molar-refractivity contribution in [2.75, 3.05) is 31.5 Å². The molecule has 2 heteroatoms. The molecule has 1 aromatic carbocycles. The van der Waals surface area contributed by atoms with E-state index in [1.807, 2.05) is 0 Å². The van der Waals surface area contributed by atoms with Crippen LogP contribution in [0.1, 0.15) is 31.2 Å². The van der Waals surface area contributed by atoms with Crippen LogP contribution in [0.25, 0.3) is 0 Å². The number of likely N-dealkylation sites (tertiary alicyclic amines) is 1. The van der Waals surface area contributed by atoms with Crippen molar-refractivity contribution in [1.82, 2.24) is 4.90 Å². The van der Waals surface area contributed by atoms with Crippen LogP contribution in [-0.4, -0.2) is 31.1 Å². The van der Waals surface area contributed by atoms with Gasteiger partial charge >= 0.3 is 0 Å². The van der Waals surface area contributed by atoms with E-state index in [-0.39, 0.29) is 0 Å². The predicted octanol–water partition coefficient (Wildman–Crippen LogP) is 2.93. The van der Waals surface area contributed by atoms with E-state index in [1.54, 1.807) is 0 Å². The molecule has 3 rings (SSSR count). The Bertz CT molecular complexity index is 388. The quantitative estimate of drug-likeness (QED) is 0.859. The monoisotopic (exact) mass is 230 g/mol. The Morgan fingerprint density at radius 3 is 3.06 bits per heavy atom. The minimum Gasteiger partial charge on any atom is -0.384 e. The number of nitrogens with zero attached hydrogens (tertiary/aromatic N) is 1. The van der Waals surface area contributed by atoms with E-state index < -0.39 is 0 Å². The van der Waals surface area contributed by atoms with Gasteiger partial charge in [0.25, 0.3) is 0 Å². The van der Waals surface area contributed by atoms with E-state index in [0.717, 1.165) is 12.5 Å². The maximum Gasteiger partial charge on any atom is 0.0376 e. The lowest BCUT2D eigenvalue weighted by atomic mass is 10.0. The number of rotatable bonds is 3. The molecule has 0 saturated carbocycles. The lowest BCUT2D eigenvalue weighted by Crippen LogP contribution is -2.27. The number of hydrogen-bond donors (Lipinski definition) is 1. The largest absolute Gasteiger partial charge is 0.384 e. The van der Waals surface area contributed by atoms with E-state index >= 15 is 0 Å². The van der Waals surface area contributed by atoms with Gasteiger partial charge in [-0.1, -0.05) is 31.5 Å². The minimum absolute atomic E-state index is 0.696. The smallest absolute Gasteiger partial charge is 0.0376 e. The molecule has 2 atom stereocenters. The summed E-state index contributed by atoms with van der Waals surface area (Å²) in [6.07, 6.45) is 2.74.